The average molecular weight is 348 g/mol. The topological polar surface area (TPSA) is 49.8 Å². The smallest absolute Gasteiger partial charge is 0.165 e. The number of nitrogens with one attached hydrogen (secondary N) is 2. The maximum atomic E-state index is 14.3. The molecule has 1 aliphatic heterocycles. The summed E-state index contributed by atoms with van der Waals surface area (Å²) in [6.07, 6.45) is 2.22. The van der Waals surface area contributed by atoms with Crippen LogP contribution in [-0.4, -0.2) is 29.1 Å². The van der Waals surface area contributed by atoms with E-state index in [-0.39, 0.29) is 5.82 Å². The minimum atomic E-state index is -0.317. The largest absolute Gasteiger partial charge is 0.366 e. The number of benzene rings is 2. The Labute approximate surface area is 152 Å². The van der Waals surface area contributed by atoms with Crippen LogP contribution in [0.3, 0.4) is 0 Å². The van der Waals surface area contributed by atoms with Crippen LogP contribution in [0, 0.1) is 5.82 Å². The first-order valence-corrected chi connectivity index (χ1v) is 8.96. The lowest BCUT2D eigenvalue weighted by Crippen LogP contribution is -2.38. The Balaban J connectivity index is 1.75. The highest BCUT2D eigenvalue weighted by Crippen LogP contribution is 2.26. The van der Waals surface area contributed by atoms with Crippen molar-refractivity contribution in [2.24, 2.45) is 0 Å². The number of rotatable bonds is 4. The van der Waals surface area contributed by atoms with E-state index in [1.807, 2.05) is 36.4 Å². The first-order valence-electron chi connectivity index (χ1n) is 8.96. The molecule has 1 aliphatic rings. The van der Waals surface area contributed by atoms with Gasteiger partial charge in [0.2, 0.25) is 0 Å². The maximum absolute atomic E-state index is 14.3. The van der Waals surface area contributed by atoms with Crippen LogP contribution in [0.1, 0.15) is 12.8 Å². The van der Waals surface area contributed by atoms with Crippen LogP contribution in [0.25, 0.3) is 22.6 Å². The molecule has 2 aromatic carbocycles. The first-order chi connectivity index (χ1) is 12.8. The van der Waals surface area contributed by atoms with Crippen LogP contribution >= 0.6 is 0 Å². The number of hydrogen-bond donors (Lipinski definition) is 2. The number of halogens is 1. The Morgan fingerprint density at radius 3 is 2.58 bits per heavy atom. The zero-order valence-electron chi connectivity index (χ0n) is 14.5. The van der Waals surface area contributed by atoms with Gasteiger partial charge in [-0.05, 0) is 31.5 Å². The van der Waals surface area contributed by atoms with Crippen LogP contribution in [0.15, 0.2) is 60.7 Å². The second kappa shape index (κ2) is 7.62. The molecule has 5 heteroatoms. The van der Waals surface area contributed by atoms with Crippen molar-refractivity contribution in [3.8, 4) is 22.6 Å². The van der Waals surface area contributed by atoms with Crippen molar-refractivity contribution in [2.45, 2.75) is 18.9 Å². The van der Waals surface area contributed by atoms with Crippen LogP contribution in [0.4, 0.5) is 10.2 Å². The SMILES string of the molecule is Fc1ccccc1-c1nc(NC2CCCNC2)cc(-c2ccccc2)n1. The van der Waals surface area contributed by atoms with E-state index in [9.17, 15) is 4.39 Å². The van der Waals surface area contributed by atoms with Gasteiger partial charge in [0.25, 0.3) is 0 Å². The van der Waals surface area contributed by atoms with E-state index in [1.165, 1.54) is 6.07 Å². The van der Waals surface area contributed by atoms with Crippen LogP contribution in [-0.2, 0) is 0 Å². The molecule has 0 spiro atoms. The van der Waals surface area contributed by atoms with Gasteiger partial charge < -0.3 is 10.6 Å². The fraction of sp³-hybridized carbons (Fsp3) is 0.238. The molecule has 3 aromatic rings. The molecule has 1 aromatic heterocycles. The van der Waals surface area contributed by atoms with Crippen LogP contribution in [0.5, 0.6) is 0 Å². The first kappa shape index (κ1) is 16.7. The van der Waals surface area contributed by atoms with Crippen LogP contribution in [0.2, 0.25) is 0 Å². The van der Waals surface area contributed by atoms with Gasteiger partial charge in [0.05, 0.1) is 11.3 Å². The molecule has 0 saturated carbocycles. The van der Waals surface area contributed by atoms with Gasteiger partial charge in [0.1, 0.15) is 11.6 Å². The van der Waals surface area contributed by atoms with Gasteiger partial charge >= 0.3 is 0 Å². The van der Waals surface area contributed by atoms with E-state index >= 15 is 0 Å². The van der Waals surface area contributed by atoms with Crippen molar-refractivity contribution < 1.29 is 4.39 Å². The summed E-state index contributed by atoms with van der Waals surface area (Å²) >= 11 is 0. The summed E-state index contributed by atoms with van der Waals surface area (Å²) in [5.74, 6) is 0.810. The Kier molecular flexibility index (Phi) is 4.88. The van der Waals surface area contributed by atoms with Gasteiger partial charge in [0, 0.05) is 24.2 Å². The molecule has 0 amide bonds. The van der Waals surface area contributed by atoms with E-state index in [0.717, 1.165) is 43.0 Å². The Morgan fingerprint density at radius 2 is 1.81 bits per heavy atom. The van der Waals surface area contributed by atoms with Crippen molar-refractivity contribution in [2.75, 3.05) is 18.4 Å². The third-order valence-corrected chi connectivity index (χ3v) is 4.56. The van der Waals surface area contributed by atoms with Crippen molar-refractivity contribution in [3.05, 3.63) is 66.5 Å². The molecular formula is C21H21FN4. The van der Waals surface area contributed by atoms with Gasteiger partial charge in [-0.1, -0.05) is 42.5 Å². The zero-order chi connectivity index (χ0) is 17.8. The molecule has 0 bridgehead atoms. The molecule has 4 rings (SSSR count). The second-order valence-electron chi connectivity index (χ2n) is 6.50. The zero-order valence-corrected chi connectivity index (χ0v) is 14.5. The second-order valence-corrected chi connectivity index (χ2v) is 6.50. The lowest BCUT2D eigenvalue weighted by molar-refractivity contribution is 0.479. The summed E-state index contributed by atoms with van der Waals surface area (Å²) in [5, 5.41) is 6.88. The molecule has 0 aliphatic carbocycles. The number of nitrogens with zero attached hydrogens (tertiary/aromatic N) is 2. The molecular weight excluding hydrogens is 327 g/mol. The van der Waals surface area contributed by atoms with Crippen LogP contribution < -0.4 is 10.6 Å². The fourth-order valence-corrected chi connectivity index (χ4v) is 3.23. The van der Waals surface area contributed by atoms with E-state index in [4.69, 9.17) is 0 Å². The summed E-state index contributed by atoms with van der Waals surface area (Å²) in [4.78, 5) is 9.22. The minimum absolute atomic E-state index is 0.316. The van der Waals surface area contributed by atoms with E-state index in [1.54, 1.807) is 18.2 Å². The predicted octanol–water partition coefficient (Wildman–Crippen LogP) is 4.11. The highest BCUT2D eigenvalue weighted by molar-refractivity contribution is 5.67. The average Bonchev–Trinajstić information content (AvgIpc) is 2.69. The fourth-order valence-electron chi connectivity index (χ4n) is 3.23. The summed E-state index contributed by atoms with van der Waals surface area (Å²) in [6.45, 7) is 1.96. The predicted molar refractivity (Wildman–Crippen MR) is 102 cm³/mol. The van der Waals surface area contributed by atoms with E-state index in [0.29, 0.717) is 17.4 Å². The number of hydrogen-bond acceptors (Lipinski definition) is 4. The minimum Gasteiger partial charge on any atom is -0.366 e. The number of piperidine rings is 1. The summed E-state index contributed by atoms with van der Waals surface area (Å²) in [7, 11) is 0. The maximum Gasteiger partial charge on any atom is 0.165 e. The quantitative estimate of drug-likeness (QED) is 0.745. The third kappa shape index (κ3) is 3.73. The number of anilines is 1. The lowest BCUT2D eigenvalue weighted by atomic mass is 10.1. The standard InChI is InChI=1S/C21H21FN4/c22-18-11-5-4-10-17(18)21-25-19(15-7-2-1-3-8-15)13-20(26-21)24-16-9-6-12-23-14-16/h1-5,7-8,10-11,13,16,23H,6,9,12,14H2,(H,24,25,26). The number of aromatic nitrogens is 2. The van der Waals surface area contributed by atoms with Gasteiger partial charge in [-0.25, -0.2) is 14.4 Å². The lowest BCUT2D eigenvalue weighted by Gasteiger charge is -2.24. The Morgan fingerprint density at radius 1 is 1.00 bits per heavy atom. The Hall–Kier alpha value is -2.79. The molecule has 1 atom stereocenters. The molecule has 1 fully saturated rings. The van der Waals surface area contributed by atoms with Gasteiger partial charge in [-0.3, -0.25) is 0 Å². The summed E-state index contributed by atoms with van der Waals surface area (Å²) < 4.78 is 14.3. The normalized spacial score (nSPS) is 17.0. The van der Waals surface area contributed by atoms with Crippen molar-refractivity contribution >= 4 is 5.82 Å². The molecule has 132 valence electrons. The summed E-state index contributed by atoms with van der Waals surface area (Å²) in [5.41, 5.74) is 2.18. The third-order valence-electron chi connectivity index (χ3n) is 4.56. The molecule has 1 saturated heterocycles. The molecule has 2 N–H and O–H groups in total. The highest BCUT2D eigenvalue weighted by atomic mass is 19.1. The van der Waals surface area contributed by atoms with Gasteiger partial charge in [0.15, 0.2) is 5.82 Å². The molecule has 2 heterocycles. The van der Waals surface area contributed by atoms with E-state index in [2.05, 4.69) is 20.6 Å². The van der Waals surface area contributed by atoms with Crippen molar-refractivity contribution in [1.29, 1.82) is 0 Å². The monoisotopic (exact) mass is 348 g/mol. The Bertz CT molecular complexity index is 876. The van der Waals surface area contributed by atoms with Crippen molar-refractivity contribution in [1.82, 2.24) is 15.3 Å². The molecule has 1 unspecified atom stereocenters. The molecule has 0 radical (unpaired) electrons. The van der Waals surface area contributed by atoms with Crippen molar-refractivity contribution in [3.63, 3.8) is 0 Å². The highest BCUT2D eigenvalue weighted by Gasteiger charge is 2.16. The van der Waals surface area contributed by atoms with E-state index < -0.39 is 0 Å². The molecule has 26 heavy (non-hydrogen) atoms. The molecule has 4 nitrogen and oxygen atoms in total. The van der Waals surface area contributed by atoms with Gasteiger partial charge in [-0.15, -0.1) is 0 Å². The summed E-state index contributed by atoms with van der Waals surface area (Å²) in [6, 6.07) is 18.8. The van der Waals surface area contributed by atoms with Gasteiger partial charge in [-0.2, -0.15) is 0 Å².